The Morgan fingerprint density at radius 2 is 1.91 bits per heavy atom. The van der Waals surface area contributed by atoms with E-state index in [1.54, 1.807) is 24.2 Å². The number of aryl methyl sites for hydroxylation is 1. The standard InChI is InChI=1S/C17H16N4OS/c1-12-18-9-10-21(12)16-8-5-14(11-19-16)20-17(22)13-3-6-15(23-2)7-4-13/h3-11H,1-2H3,(H,20,22). The zero-order valence-electron chi connectivity index (χ0n) is 12.9. The van der Waals surface area contributed by atoms with Crippen molar-refractivity contribution in [3.63, 3.8) is 0 Å². The SMILES string of the molecule is CSc1ccc(C(=O)Nc2ccc(-n3ccnc3C)nc2)cc1. The van der Waals surface area contributed by atoms with Crippen LogP contribution in [0.4, 0.5) is 5.69 Å². The molecule has 0 unspecified atom stereocenters. The molecule has 5 nitrogen and oxygen atoms in total. The van der Waals surface area contributed by atoms with Gasteiger partial charge < -0.3 is 5.32 Å². The van der Waals surface area contributed by atoms with Crippen molar-refractivity contribution in [2.24, 2.45) is 0 Å². The second kappa shape index (κ2) is 6.66. The number of carbonyl (C=O) groups excluding carboxylic acids is 1. The maximum absolute atomic E-state index is 12.2. The molecular formula is C17H16N4OS. The number of anilines is 1. The molecule has 1 amide bonds. The average molecular weight is 324 g/mol. The Hall–Kier alpha value is -2.60. The number of rotatable bonds is 4. The minimum atomic E-state index is -0.147. The van der Waals surface area contributed by atoms with Crippen molar-refractivity contribution in [2.75, 3.05) is 11.6 Å². The quantitative estimate of drug-likeness (QED) is 0.746. The van der Waals surface area contributed by atoms with E-state index < -0.39 is 0 Å². The lowest BCUT2D eigenvalue weighted by atomic mass is 10.2. The normalized spacial score (nSPS) is 10.5. The van der Waals surface area contributed by atoms with E-state index in [4.69, 9.17) is 0 Å². The molecule has 2 heterocycles. The van der Waals surface area contributed by atoms with Crippen LogP contribution in [0.2, 0.25) is 0 Å². The predicted octanol–water partition coefficient (Wildman–Crippen LogP) is 3.55. The molecule has 0 aliphatic carbocycles. The number of aromatic nitrogens is 3. The van der Waals surface area contributed by atoms with Crippen molar-refractivity contribution in [3.8, 4) is 5.82 Å². The Bertz CT molecular complexity index is 809. The van der Waals surface area contributed by atoms with Crippen molar-refractivity contribution in [1.82, 2.24) is 14.5 Å². The Morgan fingerprint density at radius 3 is 2.48 bits per heavy atom. The molecular weight excluding hydrogens is 308 g/mol. The molecule has 1 aromatic carbocycles. The summed E-state index contributed by atoms with van der Waals surface area (Å²) >= 11 is 1.65. The summed E-state index contributed by atoms with van der Waals surface area (Å²) < 4.78 is 1.88. The summed E-state index contributed by atoms with van der Waals surface area (Å²) in [6.45, 7) is 1.91. The van der Waals surface area contributed by atoms with Gasteiger partial charge in [-0.3, -0.25) is 9.36 Å². The fourth-order valence-electron chi connectivity index (χ4n) is 2.17. The van der Waals surface area contributed by atoms with E-state index in [2.05, 4.69) is 15.3 Å². The van der Waals surface area contributed by atoms with Crippen molar-refractivity contribution >= 4 is 23.4 Å². The highest BCUT2D eigenvalue weighted by atomic mass is 32.2. The van der Waals surface area contributed by atoms with E-state index in [9.17, 15) is 4.79 Å². The van der Waals surface area contributed by atoms with E-state index in [-0.39, 0.29) is 5.91 Å². The number of nitrogens with one attached hydrogen (secondary N) is 1. The van der Waals surface area contributed by atoms with Crippen LogP contribution in [0.1, 0.15) is 16.2 Å². The molecule has 3 rings (SSSR count). The van der Waals surface area contributed by atoms with Crippen LogP contribution >= 0.6 is 11.8 Å². The zero-order chi connectivity index (χ0) is 16.2. The molecule has 0 atom stereocenters. The molecule has 0 aliphatic rings. The molecule has 23 heavy (non-hydrogen) atoms. The van der Waals surface area contributed by atoms with Gasteiger partial charge in [0.25, 0.3) is 5.91 Å². The number of thioether (sulfide) groups is 1. The number of amides is 1. The maximum atomic E-state index is 12.2. The van der Waals surface area contributed by atoms with Crippen LogP contribution in [0.25, 0.3) is 5.82 Å². The van der Waals surface area contributed by atoms with Crippen molar-refractivity contribution in [2.45, 2.75) is 11.8 Å². The van der Waals surface area contributed by atoms with Gasteiger partial charge in [0, 0.05) is 22.9 Å². The Morgan fingerprint density at radius 1 is 1.13 bits per heavy atom. The molecule has 0 saturated carbocycles. The Labute approximate surface area is 138 Å². The van der Waals surface area contributed by atoms with Crippen molar-refractivity contribution < 1.29 is 4.79 Å². The van der Waals surface area contributed by atoms with E-state index in [0.29, 0.717) is 11.3 Å². The summed E-state index contributed by atoms with van der Waals surface area (Å²) in [6, 6.07) is 11.2. The third-order valence-electron chi connectivity index (χ3n) is 3.43. The molecule has 0 aliphatic heterocycles. The highest BCUT2D eigenvalue weighted by Crippen LogP contribution is 2.16. The van der Waals surface area contributed by atoms with Gasteiger partial charge in [-0.05, 0) is 49.6 Å². The second-order valence-corrected chi connectivity index (χ2v) is 5.81. The van der Waals surface area contributed by atoms with Gasteiger partial charge in [-0.15, -0.1) is 11.8 Å². The molecule has 0 spiro atoms. The van der Waals surface area contributed by atoms with E-state index in [0.717, 1.165) is 16.5 Å². The fourth-order valence-corrected chi connectivity index (χ4v) is 2.58. The molecule has 0 radical (unpaired) electrons. The van der Waals surface area contributed by atoms with Gasteiger partial charge in [0.1, 0.15) is 11.6 Å². The Kier molecular flexibility index (Phi) is 4.43. The van der Waals surface area contributed by atoms with Gasteiger partial charge in [-0.25, -0.2) is 9.97 Å². The molecule has 3 aromatic rings. The van der Waals surface area contributed by atoms with Crippen molar-refractivity contribution in [3.05, 3.63) is 66.4 Å². The average Bonchev–Trinajstić information content (AvgIpc) is 3.01. The molecule has 6 heteroatoms. The lowest BCUT2D eigenvalue weighted by Gasteiger charge is -2.08. The number of nitrogens with zero attached hydrogens (tertiary/aromatic N) is 3. The number of pyridine rings is 1. The number of carbonyl (C=O) groups is 1. The number of hydrogen-bond donors (Lipinski definition) is 1. The topological polar surface area (TPSA) is 59.8 Å². The van der Waals surface area contributed by atoms with Gasteiger partial charge in [-0.2, -0.15) is 0 Å². The fraction of sp³-hybridized carbons (Fsp3) is 0.118. The predicted molar refractivity (Wildman–Crippen MR) is 92.3 cm³/mol. The van der Waals surface area contributed by atoms with Crippen LogP contribution in [0.15, 0.2) is 59.9 Å². The van der Waals surface area contributed by atoms with Crippen LogP contribution in [0.5, 0.6) is 0 Å². The second-order valence-electron chi connectivity index (χ2n) is 4.93. The first-order chi connectivity index (χ1) is 11.2. The summed E-state index contributed by atoms with van der Waals surface area (Å²) in [4.78, 5) is 21.9. The minimum absolute atomic E-state index is 0.147. The molecule has 0 fully saturated rings. The molecule has 0 bridgehead atoms. The first kappa shape index (κ1) is 15.3. The minimum Gasteiger partial charge on any atom is -0.321 e. The van der Waals surface area contributed by atoms with Gasteiger partial charge in [0.05, 0.1) is 11.9 Å². The molecule has 1 N–H and O–H groups in total. The lowest BCUT2D eigenvalue weighted by molar-refractivity contribution is 0.102. The van der Waals surface area contributed by atoms with Gasteiger partial charge in [0.2, 0.25) is 0 Å². The van der Waals surface area contributed by atoms with E-state index in [1.807, 2.05) is 60.3 Å². The zero-order valence-corrected chi connectivity index (χ0v) is 13.7. The van der Waals surface area contributed by atoms with E-state index >= 15 is 0 Å². The molecule has 116 valence electrons. The highest BCUT2D eigenvalue weighted by molar-refractivity contribution is 7.98. The summed E-state index contributed by atoms with van der Waals surface area (Å²) in [5, 5.41) is 2.85. The summed E-state index contributed by atoms with van der Waals surface area (Å²) in [7, 11) is 0. The maximum Gasteiger partial charge on any atom is 0.255 e. The van der Waals surface area contributed by atoms with Crippen LogP contribution in [0.3, 0.4) is 0 Å². The Balaban J connectivity index is 1.72. The van der Waals surface area contributed by atoms with Crippen LogP contribution in [-0.2, 0) is 0 Å². The highest BCUT2D eigenvalue weighted by Gasteiger charge is 2.07. The monoisotopic (exact) mass is 324 g/mol. The summed E-state index contributed by atoms with van der Waals surface area (Å²) in [6.07, 6.45) is 7.22. The van der Waals surface area contributed by atoms with Gasteiger partial charge in [0.15, 0.2) is 0 Å². The molecule has 2 aromatic heterocycles. The van der Waals surface area contributed by atoms with Crippen molar-refractivity contribution in [1.29, 1.82) is 0 Å². The number of hydrogen-bond acceptors (Lipinski definition) is 4. The van der Waals surface area contributed by atoms with Crippen LogP contribution < -0.4 is 5.32 Å². The van der Waals surface area contributed by atoms with Crippen LogP contribution in [0, 0.1) is 6.92 Å². The third-order valence-corrected chi connectivity index (χ3v) is 4.17. The van der Waals surface area contributed by atoms with E-state index in [1.165, 1.54) is 0 Å². The number of benzene rings is 1. The first-order valence-corrected chi connectivity index (χ1v) is 8.31. The molecule has 0 saturated heterocycles. The summed E-state index contributed by atoms with van der Waals surface area (Å²) in [5.41, 5.74) is 1.28. The number of imidazole rings is 1. The smallest absolute Gasteiger partial charge is 0.255 e. The summed E-state index contributed by atoms with van der Waals surface area (Å²) in [5.74, 6) is 1.48. The van der Waals surface area contributed by atoms with Gasteiger partial charge >= 0.3 is 0 Å². The largest absolute Gasteiger partial charge is 0.321 e. The van der Waals surface area contributed by atoms with Gasteiger partial charge in [-0.1, -0.05) is 0 Å². The first-order valence-electron chi connectivity index (χ1n) is 7.09. The third kappa shape index (κ3) is 3.43. The lowest BCUT2D eigenvalue weighted by Crippen LogP contribution is -2.12. The van der Waals surface area contributed by atoms with Crippen LogP contribution in [-0.4, -0.2) is 26.7 Å².